The molecule has 2 N–H and O–H groups in total. The van der Waals surface area contributed by atoms with E-state index in [0.717, 1.165) is 6.42 Å². The second-order valence-electron chi connectivity index (χ2n) is 4.97. The first kappa shape index (κ1) is 15.3. The molecule has 0 aromatic heterocycles. The third-order valence-corrected chi connectivity index (χ3v) is 3.31. The molecule has 1 aromatic rings. The first-order valence-electron chi connectivity index (χ1n) is 6.53. The van der Waals surface area contributed by atoms with Gasteiger partial charge in [-0.2, -0.15) is 13.2 Å². The summed E-state index contributed by atoms with van der Waals surface area (Å²) in [5.74, 6) is -1.29. The molecule has 7 heteroatoms. The second-order valence-corrected chi connectivity index (χ2v) is 4.97. The van der Waals surface area contributed by atoms with Gasteiger partial charge in [-0.1, -0.05) is 24.3 Å². The van der Waals surface area contributed by atoms with Gasteiger partial charge in [0.1, 0.15) is 13.0 Å². The maximum absolute atomic E-state index is 11.9. The Morgan fingerprint density at radius 1 is 1.14 bits per heavy atom. The predicted molar refractivity (Wildman–Crippen MR) is 69.6 cm³/mol. The summed E-state index contributed by atoms with van der Waals surface area (Å²) >= 11 is 0. The Morgan fingerprint density at radius 3 is 2.48 bits per heavy atom. The lowest BCUT2D eigenvalue weighted by Crippen LogP contribution is -2.38. The highest BCUT2D eigenvalue weighted by atomic mass is 19.4. The van der Waals surface area contributed by atoms with E-state index in [1.54, 1.807) is 5.32 Å². The Hall–Kier alpha value is -2.05. The normalized spacial score (nSPS) is 16.6. The molecule has 0 heterocycles. The summed E-state index contributed by atoms with van der Waals surface area (Å²) in [6.07, 6.45) is -4.21. The first-order chi connectivity index (χ1) is 9.85. The van der Waals surface area contributed by atoms with Gasteiger partial charge in [0.2, 0.25) is 11.8 Å². The highest BCUT2D eigenvalue weighted by molar-refractivity contribution is 5.96. The van der Waals surface area contributed by atoms with Crippen LogP contribution in [0.5, 0.6) is 0 Å². The summed E-state index contributed by atoms with van der Waals surface area (Å²) in [5, 5.41) is 4.23. The van der Waals surface area contributed by atoms with E-state index in [4.69, 9.17) is 0 Å². The SMILES string of the molecule is O=C(CC(=O)NCC(F)(F)F)NCC1Cc2ccccc21. The van der Waals surface area contributed by atoms with Crippen LogP contribution in [0.2, 0.25) is 0 Å². The van der Waals surface area contributed by atoms with Crippen molar-refractivity contribution >= 4 is 11.8 Å². The van der Waals surface area contributed by atoms with Crippen molar-refractivity contribution in [3.8, 4) is 0 Å². The molecule has 1 aliphatic carbocycles. The van der Waals surface area contributed by atoms with Crippen LogP contribution < -0.4 is 10.6 Å². The Kier molecular flexibility index (Phi) is 4.50. The van der Waals surface area contributed by atoms with E-state index in [2.05, 4.69) is 5.32 Å². The number of hydrogen-bond acceptors (Lipinski definition) is 2. The average Bonchev–Trinajstić information content (AvgIpc) is 2.37. The molecule has 0 saturated heterocycles. The van der Waals surface area contributed by atoms with Crippen molar-refractivity contribution in [1.29, 1.82) is 0 Å². The molecule has 2 amide bonds. The van der Waals surface area contributed by atoms with Gasteiger partial charge in [-0.25, -0.2) is 0 Å². The minimum absolute atomic E-state index is 0.211. The third kappa shape index (κ3) is 4.47. The van der Waals surface area contributed by atoms with Gasteiger partial charge in [0.15, 0.2) is 0 Å². The number of alkyl halides is 3. The van der Waals surface area contributed by atoms with E-state index in [0.29, 0.717) is 6.54 Å². The number of carbonyl (C=O) groups is 2. The number of rotatable bonds is 5. The van der Waals surface area contributed by atoms with Gasteiger partial charge in [-0.3, -0.25) is 9.59 Å². The van der Waals surface area contributed by atoms with E-state index < -0.39 is 31.0 Å². The Morgan fingerprint density at radius 2 is 1.81 bits per heavy atom. The van der Waals surface area contributed by atoms with Crippen LogP contribution in [0.3, 0.4) is 0 Å². The van der Waals surface area contributed by atoms with Gasteiger partial charge in [0.05, 0.1) is 0 Å². The molecule has 1 atom stereocenters. The van der Waals surface area contributed by atoms with E-state index in [1.807, 2.05) is 24.3 Å². The van der Waals surface area contributed by atoms with Gasteiger partial charge >= 0.3 is 6.18 Å². The predicted octanol–water partition coefficient (Wildman–Crippen LogP) is 1.51. The zero-order valence-electron chi connectivity index (χ0n) is 11.2. The zero-order chi connectivity index (χ0) is 15.5. The van der Waals surface area contributed by atoms with Crippen molar-refractivity contribution in [3.05, 3.63) is 35.4 Å². The Bertz CT molecular complexity index is 543. The second kappa shape index (κ2) is 6.15. The largest absolute Gasteiger partial charge is 0.405 e. The van der Waals surface area contributed by atoms with Crippen molar-refractivity contribution in [1.82, 2.24) is 10.6 Å². The molecule has 0 bridgehead atoms. The quantitative estimate of drug-likeness (QED) is 0.810. The van der Waals surface area contributed by atoms with E-state index in [1.165, 1.54) is 11.1 Å². The fourth-order valence-corrected chi connectivity index (χ4v) is 2.25. The standard InChI is InChI=1S/C14H15F3N2O2/c15-14(16,17)8-19-13(21)6-12(20)18-7-10-5-9-3-1-2-4-11(9)10/h1-4,10H,5-8H2,(H,18,20)(H,19,21). The molecule has 0 saturated carbocycles. The number of amides is 2. The summed E-state index contributed by atoms with van der Waals surface area (Å²) in [5.41, 5.74) is 2.40. The molecule has 21 heavy (non-hydrogen) atoms. The van der Waals surface area contributed by atoms with Crippen molar-refractivity contribution in [2.24, 2.45) is 0 Å². The van der Waals surface area contributed by atoms with E-state index in [-0.39, 0.29) is 5.92 Å². The third-order valence-electron chi connectivity index (χ3n) is 3.31. The Balaban J connectivity index is 1.68. The minimum Gasteiger partial charge on any atom is -0.355 e. The molecular weight excluding hydrogens is 285 g/mol. The van der Waals surface area contributed by atoms with Crippen LogP contribution >= 0.6 is 0 Å². The van der Waals surface area contributed by atoms with Gasteiger partial charge in [-0.15, -0.1) is 0 Å². The molecule has 0 aliphatic heterocycles. The summed E-state index contributed by atoms with van der Waals surface area (Å²) in [4.78, 5) is 22.6. The van der Waals surface area contributed by atoms with Crippen molar-refractivity contribution in [2.75, 3.05) is 13.1 Å². The molecule has 0 radical (unpaired) electrons. The van der Waals surface area contributed by atoms with Crippen LogP contribution in [0.25, 0.3) is 0 Å². The smallest absolute Gasteiger partial charge is 0.355 e. The fraction of sp³-hybridized carbons (Fsp3) is 0.429. The summed E-state index contributed by atoms with van der Waals surface area (Å²) < 4.78 is 35.7. The van der Waals surface area contributed by atoms with Crippen LogP contribution in [-0.2, 0) is 16.0 Å². The molecule has 1 aliphatic rings. The van der Waals surface area contributed by atoms with Crippen LogP contribution in [0.15, 0.2) is 24.3 Å². The van der Waals surface area contributed by atoms with Crippen molar-refractivity contribution in [3.63, 3.8) is 0 Å². The number of benzene rings is 1. The first-order valence-corrected chi connectivity index (χ1v) is 6.53. The number of fused-ring (bicyclic) bond motifs is 1. The van der Waals surface area contributed by atoms with Gasteiger partial charge < -0.3 is 10.6 Å². The lowest BCUT2D eigenvalue weighted by atomic mass is 9.77. The summed E-state index contributed by atoms with van der Waals surface area (Å²) in [6, 6.07) is 7.85. The highest BCUT2D eigenvalue weighted by Gasteiger charge is 2.28. The molecule has 114 valence electrons. The maximum atomic E-state index is 11.9. The van der Waals surface area contributed by atoms with Gasteiger partial charge in [0.25, 0.3) is 0 Å². The van der Waals surface area contributed by atoms with Crippen LogP contribution in [0.4, 0.5) is 13.2 Å². The number of hydrogen-bond donors (Lipinski definition) is 2. The molecule has 1 aromatic carbocycles. The molecule has 0 fully saturated rings. The van der Waals surface area contributed by atoms with Crippen molar-refractivity contribution in [2.45, 2.75) is 24.9 Å². The number of nitrogens with one attached hydrogen (secondary N) is 2. The molecule has 4 nitrogen and oxygen atoms in total. The fourth-order valence-electron chi connectivity index (χ4n) is 2.25. The maximum Gasteiger partial charge on any atom is 0.405 e. The van der Waals surface area contributed by atoms with E-state index >= 15 is 0 Å². The Labute approximate surface area is 119 Å². The van der Waals surface area contributed by atoms with E-state index in [9.17, 15) is 22.8 Å². The average molecular weight is 300 g/mol. The number of carbonyl (C=O) groups excluding carboxylic acids is 2. The lowest BCUT2D eigenvalue weighted by molar-refractivity contribution is -0.140. The topological polar surface area (TPSA) is 58.2 Å². The molecule has 2 rings (SSSR count). The van der Waals surface area contributed by atoms with Gasteiger partial charge in [0, 0.05) is 12.5 Å². The molecular formula is C14H15F3N2O2. The molecule has 0 spiro atoms. The van der Waals surface area contributed by atoms with Crippen LogP contribution in [0.1, 0.15) is 23.5 Å². The molecule has 1 unspecified atom stereocenters. The van der Waals surface area contributed by atoms with Crippen LogP contribution in [0, 0.1) is 0 Å². The monoisotopic (exact) mass is 300 g/mol. The zero-order valence-corrected chi connectivity index (χ0v) is 11.2. The highest BCUT2D eigenvalue weighted by Crippen LogP contribution is 2.33. The summed E-state index contributed by atoms with van der Waals surface area (Å²) in [7, 11) is 0. The lowest BCUT2D eigenvalue weighted by Gasteiger charge is -2.30. The summed E-state index contributed by atoms with van der Waals surface area (Å²) in [6.45, 7) is -1.03. The number of halogens is 3. The van der Waals surface area contributed by atoms with Crippen molar-refractivity contribution < 1.29 is 22.8 Å². The van der Waals surface area contributed by atoms with Gasteiger partial charge in [-0.05, 0) is 17.5 Å². The minimum atomic E-state index is -4.47. The van der Waals surface area contributed by atoms with Crippen LogP contribution in [-0.4, -0.2) is 31.1 Å².